The molecule has 166 valence electrons. The molecule has 0 radical (unpaired) electrons. The summed E-state index contributed by atoms with van der Waals surface area (Å²) in [6.45, 7) is 16.2. The van der Waals surface area contributed by atoms with Gasteiger partial charge < -0.3 is 20.0 Å². The quantitative estimate of drug-likeness (QED) is 0.402. The molecule has 3 heterocycles. The summed E-state index contributed by atoms with van der Waals surface area (Å²) in [7, 11) is 0. The van der Waals surface area contributed by atoms with Crippen molar-refractivity contribution in [1.82, 2.24) is 15.3 Å². The number of nitrogens with two attached hydrogens (primary N) is 1. The van der Waals surface area contributed by atoms with Crippen LogP contribution >= 0.6 is 0 Å². The zero-order valence-electron chi connectivity index (χ0n) is 18.9. The van der Waals surface area contributed by atoms with Gasteiger partial charge in [0.1, 0.15) is 0 Å². The number of H-pyrrole nitrogens is 1. The maximum absolute atomic E-state index is 5.57. The molecule has 0 atom stereocenters. The van der Waals surface area contributed by atoms with E-state index < -0.39 is 0 Å². The summed E-state index contributed by atoms with van der Waals surface area (Å²) in [5, 5.41) is 1.35. The third-order valence-corrected chi connectivity index (χ3v) is 7.29. The fraction of sp³-hybridized carbons (Fsp3) is 0.520. The SMILES string of the molecule is C=C1/C(=C\NN)CCCc2c1[nH]c1cc3c(cc21)N(CCN1CCOCC1)CC3(C)C. The molecular weight excluding hydrogens is 386 g/mol. The minimum atomic E-state index is 0.141. The van der Waals surface area contributed by atoms with Crippen molar-refractivity contribution >= 4 is 22.2 Å². The highest BCUT2D eigenvalue weighted by Gasteiger charge is 2.36. The predicted molar refractivity (Wildman–Crippen MR) is 128 cm³/mol. The van der Waals surface area contributed by atoms with Gasteiger partial charge in [-0.3, -0.25) is 10.7 Å². The topological polar surface area (TPSA) is 69.5 Å². The molecule has 2 aliphatic heterocycles. The molecule has 0 spiro atoms. The number of hydrogen-bond donors (Lipinski definition) is 3. The van der Waals surface area contributed by atoms with Crippen LogP contribution in [0.4, 0.5) is 5.69 Å². The Hall–Kier alpha value is -2.28. The summed E-state index contributed by atoms with van der Waals surface area (Å²) in [6, 6.07) is 4.84. The summed E-state index contributed by atoms with van der Waals surface area (Å²) in [5.41, 5.74) is 11.8. The number of hydrazine groups is 1. The van der Waals surface area contributed by atoms with Crippen LogP contribution in [0.15, 0.2) is 30.5 Å². The number of fused-ring (bicyclic) bond motifs is 4. The number of rotatable bonds is 4. The molecule has 6 nitrogen and oxygen atoms in total. The van der Waals surface area contributed by atoms with Crippen molar-refractivity contribution in [2.75, 3.05) is 50.8 Å². The summed E-state index contributed by atoms with van der Waals surface area (Å²) >= 11 is 0. The summed E-state index contributed by atoms with van der Waals surface area (Å²) in [4.78, 5) is 8.83. The van der Waals surface area contributed by atoms with Crippen LogP contribution in [0.2, 0.25) is 0 Å². The zero-order chi connectivity index (χ0) is 21.6. The molecule has 1 aliphatic carbocycles. The molecule has 31 heavy (non-hydrogen) atoms. The van der Waals surface area contributed by atoms with E-state index in [9.17, 15) is 0 Å². The number of benzene rings is 1. The van der Waals surface area contributed by atoms with Crippen molar-refractivity contribution in [3.8, 4) is 0 Å². The van der Waals surface area contributed by atoms with Crippen LogP contribution in [-0.4, -0.2) is 55.8 Å². The molecule has 1 aromatic heterocycles. The molecule has 1 saturated heterocycles. The number of nitrogens with zero attached hydrogens (tertiary/aromatic N) is 2. The van der Waals surface area contributed by atoms with Gasteiger partial charge in [-0.1, -0.05) is 20.4 Å². The Labute approximate surface area is 185 Å². The van der Waals surface area contributed by atoms with Gasteiger partial charge in [0, 0.05) is 66.6 Å². The number of morpholine rings is 1. The lowest BCUT2D eigenvalue weighted by atomic mass is 9.86. The van der Waals surface area contributed by atoms with E-state index in [1.165, 1.54) is 39.0 Å². The van der Waals surface area contributed by atoms with Gasteiger partial charge in [-0.15, -0.1) is 0 Å². The average molecular weight is 422 g/mol. The number of aromatic amines is 1. The van der Waals surface area contributed by atoms with Gasteiger partial charge in [0.25, 0.3) is 0 Å². The Morgan fingerprint density at radius 3 is 2.81 bits per heavy atom. The van der Waals surface area contributed by atoms with E-state index in [2.05, 4.69) is 52.8 Å². The van der Waals surface area contributed by atoms with Crippen LogP contribution in [0, 0.1) is 0 Å². The standard InChI is InChI=1S/C25H35N5O/c1-17-18(15-27-26)5-4-6-19-20-13-23-21(14-22(20)28-24(17)19)25(2,3)16-30(23)8-7-29-9-11-31-12-10-29/h13-15,27-28H,1,4-12,16,26H2,2-3H3/b18-15-. The maximum atomic E-state index is 5.57. The fourth-order valence-corrected chi connectivity index (χ4v) is 5.57. The van der Waals surface area contributed by atoms with E-state index >= 15 is 0 Å². The molecular formula is C25H35N5O. The lowest BCUT2D eigenvalue weighted by Gasteiger charge is -2.30. The molecule has 1 aromatic carbocycles. The van der Waals surface area contributed by atoms with Crippen molar-refractivity contribution in [1.29, 1.82) is 0 Å². The van der Waals surface area contributed by atoms with Crippen molar-refractivity contribution in [3.63, 3.8) is 0 Å². The first kappa shape index (κ1) is 20.6. The Kier molecular flexibility index (Phi) is 5.32. The molecule has 0 unspecified atom stereocenters. The van der Waals surface area contributed by atoms with Gasteiger partial charge in [-0.2, -0.15) is 0 Å². The average Bonchev–Trinajstić information content (AvgIpc) is 3.19. The first-order valence-electron chi connectivity index (χ1n) is 11.6. The lowest BCUT2D eigenvalue weighted by Crippen LogP contribution is -2.42. The van der Waals surface area contributed by atoms with Crippen molar-refractivity contribution < 1.29 is 4.74 Å². The highest BCUT2D eigenvalue weighted by Crippen LogP contribution is 2.45. The molecule has 5 rings (SSSR count). The molecule has 6 heteroatoms. The molecule has 0 saturated carbocycles. The Morgan fingerprint density at radius 2 is 2.03 bits per heavy atom. The largest absolute Gasteiger partial charge is 0.379 e. The number of aryl methyl sites for hydroxylation is 1. The number of nitrogens with one attached hydrogen (secondary N) is 2. The minimum Gasteiger partial charge on any atom is -0.379 e. The highest BCUT2D eigenvalue weighted by atomic mass is 16.5. The van der Waals surface area contributed by atoms with Gasteiger partial charge in [-0.05, 0) is 53.7 Å². The number of hydrogen-bond acceptors (Lipinski definition) is 5. The highest BCUT2D eigenvalue weighted by molar-refractivity contribution is 5.95. The van der Waals surface area contributed by atoms with Gasteiger partial charge in [0.05, 0.1) is 13.2 Å². The van der Waals surface area contributed by atoms with Crippen molar-refractivity contribution in [2.24, 2.45) is 5.84 Å². The van der Waals surface area contributed by atoms with Crippen molar-refractivity contribution in [2.45, 2.75) is 38.5 Å². The molecule has 3 aliphatic rings. The number of allylic oxidation sites excluding steroid dienone is 2. The van der Waals surface area contributed by atoms with Crippen LogP contribution in [-0.2, 0) is 16.6 Å². The monoisotopic (exact) mass is 421 g/mol. The Bertz CT molecular complexity index is 1030. The van der Waals surface area contributed by atoms with E-state index in [1.807, 2.05) is 6.20 Å². The van der Waals surface area contributed by atoms with E-state index in [0.29, 0.717) is 0 Å². The van der Waals surface area contributed by atoms with E-state index in [0.717, 1.165) is 70.8 Å². The van der Waals surface area contributed by atoms with Crippen LogP contribution in [0.1, 0.15) is 43.5 Å². The Morgan fingerprint density at radius 1 is 1.23 bits per heavy atom. The molecule has 0 bridgehead atoms. The molecule has 0 amide bonds. The summed E-state index contributed by atoms with van der Waals surface area (Å²) in [6.07, 6.45) is 5.05. The second-order valence-corrected chi connectivity index (χ2v) is 9.82. The van der Waals surface area contributed by atoms with Crippen LogP contribution < -0.4 is 16.2 Å². The third kappa shape index (κ3) is 3.67. The van der Waals surface area contributed by atoms with Crippen LogP contribution in [0.5, 0.6) is 0 Å². The normalized spacial score (nSPS) is 22.6. The van der Waals surface area contributed by atoms with Crippen molar-refractivity contribution in [3.05, 3.63) is 47.3 Å². The second-order valence-electron chi connectivity index (χ2n) is 9.82. The summed E-state index contributed by atoms with van der Waals surface area (Å²) in [5.74, 6) is 5.57. The first-order valence-corrected chi connectivity index (χ1v) is 11.6. The number of ether oxygens (including phenoxy) is 1. The first-order chi connectivity index (χ1) is 15.0. The smallest absolute Gasteiger partial charge is 0.0594 e. The number of anilines is 1. The van der Waals surface area contributed by atoms with Crippen LogP contribution in [0.3, 0.4) is 0 Å². The fourth-order valence-electron chi connectivity index (χ4n) is 5.57. The van der Waals surface area contributed by atoms with Gasteiger partial charge in [0.15, 0.2) is 0 Å². The lowest BCUT2D eigenvalue weighted by molar-refractivity contribution is 0.0391. The second kappa shape index (κ2) is 8.01. The molecule has 2 aromatic rings. The summed E-state index contributed by atoms with van der Waals surface area (Å²) < 4.78 is 5.51. The molecule has 1 fully saturated rings. The number of aromatic nitrogens is 1. The zero-order valence-corrected chi connectivity index (χ0v) is 18.9. The Balaban J connectivity index is 1.50. The van der Waals surface area contributed by atoms with E-state index in [4.69, 9.17) is 10.6 Å². The maximum Gasteiger partial charge on any atom is 0.0594 e. The minimum absolute atomic E-state index is 0.141. The van der Waals surface area contributed by atoms with Gasteiger partial charge in [0.2, 0.25) is 0 Å². The molecule has 4 N–H and O–H groups in total. The van der Waals surface area contributed by atoms with Gasteiger partial charge in [-0.25, -0.2) is 0 Å². The van der Waals surface area contributed by atoms with Gasteiger partial charge >= 0.3 is 0 Å². The third-order valence-electron chi connectivity index (χ3n) is 7.29. The van der Waals surface area contributed by atoms with E-state index in [1.54, 1.807) is 0 Å². The predicted octanol–water partition coefficient (Wildman–Crippen LogP) is 3.29. The van der Waals surface area contributed by atoms with E-state index in [-0.39, 0.29) is 5.41 Å². The van der Waals surface area contributed by atoms with Crippen LogP contribution in [0.25, 0.3) is 16.5 Å².